The second-order valence-electron chi connectivity index (χ2n) is 7.97. The third kappa shape index (κ3) is 2.92. The maximum absolute atomic E-state index is 13.3. The van der Waals surface area contributed by atoms with E-state index in [0.717, 1.165) is 52.4 Å². The molecule has 1 N–H and O–H groups in total. The van der Waals surface area contributed by atoms with Gasteiger partial charge in [-0.1, -0.05) is 48.5 Å². The Kier molecular flexibility index (Phi) is 4.18. The third-order valence-corrected chi connectivity index (χ3v) is 6.03. The molecule has 0 bridgehead atoms. The number of hydrogen-bond donors (Lipinski definition) is 1. The van der Waals surface area contributed by atoms with Gasteiger partial charge < -0.3 is 9.73 Å². The van der Waals surface area contributed by atoms with Gasteiger partial charge in [0.1, 0.15) is 17.0 Å². The van der Waals surface area contributed by atoms with Crippen molar-refractivity contribution in [2.75, 3.05) is 5.32 Å². The first-order chi connectivity index (χ1) is 15.7. The summed E-state index contributed by atoms with van der Waals surface area (Å²) in [5, 5.41) is 10.4. The van der Waals surface area contributed by atoms with E-state index in [9.17, 15) is 9.59 Å². The number of anilines is 1. The summed E-state index contributed by atoms with van der Waals surface area (Å²) in [4.78, 5) is 26.0. The lowest BCUT2D eigenvalue weighted by Gasteiger charge is -2.11. The van der Waals surface area contributed by atoms with Crippen LogP contribution in [0.3, 0.4) is 0 Å². The number of aromatic nitrogens is 2. The van der Waals surface area contributed by atoms with Crippen LogP contribution in [0.2, 0.25) is 0 Å². The number of aryl methyl sites for hydroxylation is 1. The van der Waals surface area contributed by atoms with Gasteiger partial charge in [-0.15, -0.1) is 0 Å². The lowest BCUT2D eigenvalue weighted by molar-refractivity contribution is 0.102. The highest BCUT2D eigenvalue weighted by Gasteiger charge is 2.25. The summed E-state index contributed by atoms with van der Waals surface area (Å²) in [6.45, 7) is 0. The Morgan fingerprint density at radius 1 is 0.938 bits per heavy atom. The second-order valence-corrected chi connectivity index (χ2v) is 7.97. The van der Waals surface area contributed by atoms with Crippen LogP contribution in [0.1, 0.15) is 28.0 Å². The van der Waals surface area contributed by atoms with Crippen molar-refractivity contribution in [2.24, 2.45) is 0 Å². The van der Waals surface area contributed by atoms with E-state index in [0.29, 0.717) is 11.4 Å². The van der Waals surface area contributed by atoms with Gasteiger partial charge in [0, 0.05) is 10.9 Å². The largest absolute Gasteiger partial charge is 0.422 e. The van der Waals surface area contributed by atoms with E-state index < -0.39 is 11.5 Å². The van der Waals surface area contributed by atoms with E-state index in [1.54, 1.807) is 16.8 Å². The van der Waals surface area contributed by atoms with Gasteiger partial charge in [-0.3, -0.25) is 4.79 Å². The Morgan fingerprint density at radius 2 is 1.75 bits per heavy atom. The highest BCUT2D eigenvalue weighted by atomic mass is 16.4. The fraction of sp³-hybridized carbons (Fsp3) is 0.115. The van der Waals surface area contributed by atoms with E-state index in [4.69, 9.17) is 9.52 Å². The maximum atomic E-state index is 13.3. The van der Waals surface area contributed by atoms with E-state index in [-0.39, 0.29) is 5.56 Å². The average molecular weight is 421 g/mol. The van der Waals surface area contributed by atoms with Crippen LogP contribution >= 0.6 is 0 Å². The Labute approximate surface area is 183 Å². The summed E-state index contributed by atoms with van der Waals surface area (Å²) in [5.41, 5.74) is 2.64. The summed E-state index contributed by atoms with van der Waals surface area (Å²) >= 11 is 0. The summed E-state index contributed by atoms with van der Waals surface area (Å²) in [7, 11) is 0. The molecule has 2 heterocycles. The SMILES string of the molecule is O=C(Nc1c2c(nn1-c1ccccc1)CCC2)c1cc2c(ccc3ccccc32)oc1=O. The molecule has 156 valence electrons. The molecule has 0 saturated heterocycles. The van der Waals surface area contributed by atoms with Gasteiger partial charge in [0.05, 0.1) is 11.4 Å². The Bertz CT molecular complexity index is 1560. The van der Waals surface area contributed by atoms with Crippen molar-refractivity contribution in [3.8, 4) is 5.69 Å². The van der Waals surface area contributed by atoms with Crippen molar-refractivity contribution in [2.45, 2.75) is 19.3 Å². The molecule has 1 aliphatic rings. The van der Waals surface area contributed by atoms with Crippen molar-refractivity contribution in [1.82, 2.24) is 9.78 Å². The first-order valence-electron chi connectivity index (χ1n) is 10.6. The molecule has 0 fully saturated rings. The van der Waals surface area contributed by atoms with Crippen LogP contribution < -0.4 is 10.9 Å². The Hall–Kier alpha value is -4.19. The molecule has 0 unspecified atom stereocenters. The first-order valence-corrected chi connectivity index (χ1v) is 10.6. The molecule has 0 atom stereocenters. The van der Waals surface area contributed by atoms with E-state index >= 15 is 0 Å². The van der Waals surface area contributed by atoms with Crippen LogP contribution in [0.25, 0.3) is 27.4 Å². The number of rotatable bonds is 3. The highest BCUT2D eigenvalue weighted by molar-refractivity contribution is 6.10. The van der Waals surface area contributed by atoms with Crippen molar-refractivity contribution in [1.29, 1.82) is 0 Å². The van der Waals surface area contributed by atoms with Gasteiger partial charge in [-0.25, -0.2) is 9.48 Å². The van der Waals surface area contributed by atoms with Gasteiger partial charge >= 0.3 is 5.63 Å². The normalized spacial score (nSPS) is 12.9. The van der Waals surface area contributed by atoms with E-state index in [1.807, 2.05) is 60.7 Å². The van der Waals surface area contributed by atoms with Crippen LogP contribution in [0.15, 0.2) is 82.0 Å². The molecule has 2 aromatic heterocycles. The van der Waals surface area contributed by atoms with Crippen LogP contribution in [0.5, 0.6) is 0 Å². The Morgan fingerprint density at radius 3 is 2.62 bits per heavy atom. The number of nitrogens with zero attached hydrogens (tertiary/aromatic N) is 2. The number of benzene rings is 3. The minimum atomic E-state index is -0.660. The molecule has 6 rings (SSSR count). The summed E-state index contributed by atoms with van der Waals surface area (Å²) in [5.74, 6) is 0.117. The number of fused-ring (bicyclic) bond motifs is 4. The van der Waals surface area contributed by atoms with Gasteiger partial charge in [-0.05, 0) is 54.3 Å². The van der Waals surface area contributed by atoms with Crippen LogP contribution in [-0.4, -0.2) is 15.7 Å². The fourth-order valence-electron chi connectivity index (χ4n) is 4.48. The summed E-state index contributed by atoms with van der Waals surface area (Å²) in [6, 6.07) is 22.8. The molecular formula is C26H19N3O3. The molecule has 5 aromatic rings. The Balaban J connectivity index is 1.46. The molecule has 0 aliphatic heterocycles. The zero-order chi connectivity index (χ0) is 21.7. The number of hydrogen-bond acceptors (Lipinski definition) is 4. The smallest absolute Gasteiger partial charge is 0.349 e. The molecule has 6 heteroatoms. The van der Waals surface area contributed by atoms with Gasteiger partial charge in [0.2, 0.25) is 0 Å². The zero-order valence-electron chi connectivity index (χ0n) is 17.2. The minimum Gasteiger partial charge on any atom is -0.422 e. The lowest BCUT2D eigenvalue weighted by atomic mass is 10.0. The van der Waals surface area contributed by atoms with Crippen molar-refractivity contribution in [3.05, 3.63) is 100 Å². The van der Waals surface area contributed by atoms with Crippen molar-refractivity contribution < 1.29 is 9.21 Å². The predicted octanol–water partition coefficient (Wildman–Crippen LogP) is 4.87. The number of para-hydroxylation sites is 1. The average Bonchev–Trinajstić information content (AvgIpc) is 3.41. The fourth-order valence-corrected chi connectivity index (χ4v) is 4.48. The monoisotopic (exact) mass is 421 g/mol. The predicted molar refractivity (Wildman–Crippen MR) is 124 cm³/mol. The molecular weight excluding hydrogens is 402 g/mol. The van der Waals surface area contributed by atoms with Crippen molar-refractivity contribution >= 4 is 33.5 Å². The van der Waals surface area contributed by atoms with Gasteiger partial charge in [-0.2, -0.15) is 5.10 Å². The molecule has 1 amide bonds. The molecule has 0 saturated carbocycles. The van der Waals surface area contributed by atoms with Crippen LogP contribution in [0, 0.1) is 0 Å². The number of carbonyl (C=O) groups is 1. The molecule has 6 nitrogen and oxygen atoms in total. The van der Waals surface area contributed by atoms with Gasteiger partial charge in [0.15, 0.2) is 0 Å². The zero-order valence-corrected chi connectivity index (χ0v) is 17.2. The summed E-state index contributed by atoms with van der Waals surface area (Å²) in [6.07, 6.45) is 2.72. The van der Waals surface area contributed by atoms with Crippen LogP contribution in [0.4, 0.5) is 5.82 Å². The first kappa shape index (κ1) is 18.6. The summed E-state index contributed by atoms with van der Waals surface area (Å²) < 4.78 is 7.26. The highest BCUT2D eigenvalue weighted by Crippen LogP contribution is 2.31. The minimum absolute atomic E-state index is 0.0265. The van der Waals surface area contributed by atoms with Crippen LogP contribution in [-0.2, 0) is 12.8 Å². The number of carbonyl (C=O) groups excluding carboxylic acids is 1. The van der Waals surface area contributed by atoms with Gasteiger partial charge in [0.25, 0.3) is 5.91 Å². The molecule has 0 spiro atoms. The van der Waals surface area contributed by atoms with Crippen molar-refractivity contribution in [3.63, 3.8) is 0 Å². The maximum Gasteiger partial charge on any atom is 0.349 e. The second kappa shape index (κ2) is 7.20. The molecule has 32 heavy (non-hydrogen) atoms. The number of nitrogens with one attached hydrogen (secondary N) is 1. The lowest BCUT2D eigenvalue weighted by Crippen LogP contribution is -2.22. The van der Waals surface area contributed by atoms with E-state index in [2.05, 4.69) is 5.32 Å². The molecule has 3 aromatic carbocycles. The molecule has 0 radical (unpaired) electrons. The number of amides is 1. The quantitative estimate of drug-likeness (QED) is 0.333. The topological polar surface area (TPSA) is 77.1 Å². The van der Waals surface area contributed by atoms with E-state index in [1.165, 1.54) is 0 Å². The third-order valence-electron chi connectivity index (χ3n) is 6.03. The standard InChI is InChI=1S/C26H19N3O3/c30-25(21-15-20-18-10-5-4-7-16(18)13-14-23(20)32-26(21)31)27-24-19-11-6-12-22(19)28-29(24)17-8-2-1-3-9-17/h1-5,7-10,13-15H,6,11-12H2,(H,27,30). The molecule has 1 aliphatic carbocycles.